The Hall–Kier alpha value is -1.59. The first-order valence-electron chi connectivity index (χ1n) is 6.26. The average Bonchev–Trinajstić information content (AvgIpc) is 2.39. The largest absolute Gasteiger partial charge is 0.481 e. The van der Waals surface area contributed by atoms with Crippen LogP contribution < -0.4 is 10.1 Å². The van der Waals surface area contributed by atoms with Crippen molar-refractivity contribution >= 4 is 5.91 Å². The molecule has 0 bridgehead atoms. The molecule has 19 heavy (non-hydrogen) atoms. The number of methoxy groups -OCH3 is 1. The number of carbonyl (C=O) groups is 1. The minimum Gasteiger partial charge on any atom is -0.481 e. The fourth-order valence-electron chi connectivity index (χ4n) is 1.53. The second-order valence-electron chi connectivity index (χ2n) is 4.29. The number of rotatable bonds is 7. The van der Waals surface area contributed by atoms with Gasteiger partial charge in [-0.05, 0) is 31.5 Å². The topological polar surface area (TPSA) is 67.8 Å². The van der Waals surface area contributed by atoms with Crippen molar-refractivity contribution in [1.82, 2.24) is 5.32 Å². The predicted octanol–water partition coefficient (Wildman–Crippen LogP) is 1.27. The van der Waals surface area contributed by atoms with Gasteiger partial charge in [0.05, 0.1) is 12.7 Å². The number of aliphatic hydroxyl groups is 1. The van der Waals surface area contributed by atoms with E-state index in [1.54, 1.807) is 45.2 Å². The van der Waals surface area contributed by atoms with E-state index < -0.39 is 12.2 Å². The summed E-state index contributed by atoms with van der Waals surface area (Å²) in [5.74, 6) is 0.368. The van der Waals surface area contributed by atoms with Crippen molar-refractivity contribution in [1.29, 1.82) is 0 Å². The first kappa shape index (κ1) is 15.5. The monoisotopic (exact) mass is 267 g/mol. The predicted molar refractivity (Wildman–Crippen MR) is 72.1 cm³/mol. The lowest BCUT2D eigenvalue weighted by Crippen LogP contribution is -2.37. The van der Waals surface area contributed by atoms with E-state index in [-0.39, 0.29) is 5.91 Å². The van der Waals surface area contributed by atoms with Crippen LogP contribution in [0.3, 0.4) is 0 Å². The molecule has 0 aliphatic carbocycles. The molecule has 0 aliphatic rings. The van der Waals surface area contributed by atoms with Crippen LogP contribution in [-0.2, 0) is 9.53 Å². The van der Waals surface area contributed by atoms with Gasteiger partial charge in [-0.2, -0.15) is 0 Å². The van der Waals surface area contributed by atoms with Crippen molar-refractivity contribution < 1.29 is 19.4 Å². The van der Waals surface area contributed by atoms with Gasteiger partial charge in [-0.25, -0.2) is 0 Å². The molecule has 1 aromatic carbocycles. The molecule has 0 spiro atoms. The van der Waals surface area contributed by atoms with Gasteiger partial charge in [0.2, 0.25) is 0 Å². The van der Waals surface area contributed by atoms with Crippen molar-refractivity contribution in [3.05, 3.63) is 29.8 Å². The number of hydrogen-bond acceptors (Lipinski definition) is 4. The summed E-state index contributed by atoms with van der Waals surface area (Å²) in [5, 5.41) is 12.2. The SMILES string of the molecule is COCCNC(=O)C(C)Oc1cccc([C@H](C)O)c1. The maximum absolute atomic E-state index is 11.7. The lowest BCUT2D eigenvalue weighted by molar-refractivity contribution is -0.127. The molecule has 1 rings (SSSR count). The van der Waals surface area contributed by atoms with Crippen LogP contribution in [0.25, 0.3) is 0 Å². The molecule has 2 atom stereocenters. The van der Waals surface area contributed by atoms with Gasteiger partial charge in [0.1, 0.15) is 5.75 Å². The van der Waals surface area contributed by atoms with Gasteiger partial charge < -0.3 is 19.9 Å². The van der Waals surface area contributed by atoms with E-state index in [2.05, 4.69) is 5.32 Å². The van der Waals surface area contributed by atoms with Gasteiger partial charge in [-0.3, -0.25) is 4.79 Å². The van der Waals surface area contributed by atoms with Crippen LogP contribution in [0.2, 0.25) is 0 Å². The molecule has 0 heterocycles. The van der Waals surface area contributed by atoms with Crippen LogP contribution >= 0.6 is 0 Å². The number of hydrogen-bond donors (Lipinski definition) is 2. The Kier molecular flexibility index (Phi) is 6.32. The summed E-state index contributed by atoms with van der Waals surface area (Å²) in [7, 11) is 1.58. The van der Waals surface area contributed by atoms with E-state index in [0.29, 0.717) is 18.9 Å². The molecule has 1 aromatic rings. The Morgan fingerprint density at radius 2 is 2.16 bits per heavy atom. The highest BCUT2D eigenvalue weighted by molar-refractivity contribution is 5.80. The molecule has 0 saturated carbocycles. The van der Waals surface area contributed by atoms with Gasteiger partial charge in [-0.1, -0.05) is 12.1 Å². The highest BCUT2D eigenvalue weighted by Crippen LogP contribution is 2.19. The maximum atomic E-state index is 11.7. The quantitative estimate of drug-likeness (QED) is 0.730. The third-order valence-corrected chi connectivity index (χ3v) is 2.63. The zero-order valence-electron chi connectivity index (χ0n) is 11.6. The van der Waals surface area contributed by atoms with E-state index in [9.17, 15) is 9.90 Å². The number of nitrogens with one attached hydrogen (secondary N) is 1. The Morgan fingerprint density at radius 3 is 2.79 bits per heavy atom. The summed E-state index contributed by atoms with van der Waals surface area (Å²) in [5.41, 5.74) is 0.754. The second-order valence-corrected chi connectivity index (χ2v) is 4.29. The van der Waals surface area contributed by atoms with Crippen LogP contribution in [0, 0.1) is 0 Å². The number of carbonyl (C=O) groups excluding carboxylic acids is 1. The molecular weight excluding hydrogens is 246 g/mol. The molecule has 5 heteroatoms. The number of benzene rings is 1. The van der Waals surface area contributed by atoms with E-state index >= 15 is 0 Å². The second kappa shape index (κ2) is 7.76. The third kappa shape index (κ3) is 5.28. The van der Waals surface area contributed by atoms with Gasteiger partial charge in [0, 0.05) is 13.7 Å². The van der Waals surface area contributed by atoms with Gasteiger partial charge in [0.15, 0.2) is 6.10 Å². The summed E-state index contributed by atoms with van der Waals surface area (Å²) in [6.45, 7) is 4.28. The molecule has 1 amide bonds. The summed E-state index contributed by atoms with van der Waals surface area (Å²) >= 11 is 0. The fourth-order valence-corrected chi connectivity index (χ4v) is 1.53. The highest BCUT2D eigenvalue weighted by Gasteiger charge is 2.14. The van der Waals surface area contributed by atoms with Gasteiger partial charge in [0.25, 0.3) is 5.91 Å². The first-order chi connectivity index (χ1) is 9.04. The number of aliphatic hydroxyl groups excluding tert-OH is 1. The van der Waals surface area contributed by atoms with E-state index in [0.717, 1.165) is 5.56 Å². The third-order valence-electron chi connectivity index (χ3n) is 2.63. The van der Waals surface area contributed by atoms with Crippen LogP contribution in [-0.4, -0.2) is 37.4 Å². The lowest BCUT2D eigenvalue weighted by Gasteiger charge is -2.15. The highest BCUT2D eigenvalue weighted by atomic mass is 16.5. The first-order valence-corrected chi connectivity index (χ1v) is 6.26. The molecule has 0 radical (unpaired) electrons. The van der Waals surface area contributed by atoms with Crippen LogP contribution in [0.1, 0.15) is 25.5 Å². The van der Waals surface area contributed by atoms with Crippen molar-refractivity contribution in [2.24, 2.45) is 0 Å². The normalized spacial score (nSPS) is 13.7. The smallest absolute Gasteiger partial charge is 0.260 e. The molecule has 0 aliphatic heterocycles. The summed E-state index contributed by atoms with van der Waals surface area (Å²) in [4.78, 5) is 11.7. The maximum Gasteiger partial charge on any atom is 0.260 e. The molecule has 1 unspecified atom stereocenters. The van der Waals surface area contributed by atoms with E-state index in [4.69, 9.17) is 9.47 Å². The molecule has 5 nitrogen and oxygen atoms in total. The van der Waals surface area contributed by atoms with Gasteiger partial charge in [-0.15, -0.1) is 0 Å². The summed E-state index contributed by atoms with van der Waals surface area (Å²) in [6, 6.07) is 7.07. The van der Waals surface area contributed by atoms with Crippen molar-refractivity contribution in [2.75, 3.05) is 20.3 Å². The van der Waals surface area contributed by atoms with Gasteiger partial charge >= 0.3 is 0 Å². The minimum atomic E-state index is -0.596. The Bertz CT molecular complexity index is 406. The Balaban J connectivity index is 2.53. The lowest BCUT2D eigenvalue weighted by atomic mass is 10.1. The Morgan fingerprint density at radius 1 is 1.42 bits per heavy atom. The summed E-state index contributed by atoms with van der Waals surface area (Å²) in [6.07, 6.45) is -1.16. The molecule has 0 aromatic heterocycles. The molecular formula is C14H21NO4. The average molecular weight is 267 g/mol. The minimum absolute atomic E-state index is 0.195. The van der Waals surface area contributed by atoms with Crippen molar-refractivity contribution in [3.8, 4) is 5.75 Å². The Labute approximate surface area is 113 Å². The molecule has 0 fully saturated rings. The molecule has 106 valence electrons. The fraction of sp³-hybridized carbons (Fsp3) is 0.500. The molecule has 0 saturated heterocycles. The van der Waals surface area contributed by atoms with Crippen molar-refractivity contribution in [2.45, 2.75) is 26.1 Å². The van der Waals surface area contributed by atoms with E-state index in [1.807, 2.05) is 0 Å². The zero-order chi connectivity index (χ0) is 14.3. The zero-order valence-corrected chi connectivity index (χ0v) is 11.6. The number of ether oxygens (including phenoxy) is 2. The summed E-state index contributed by atoms with van der Waals surface area (Å²) < 4.78 is 10.4. The van der Waals surface area contributed by atoms with Crippen LogP contribution in [0.15, 0.2) is 24.3 Å². The van der Waals surface area contributed by atoms with E-state index in [1.165, 1.54) is 0 Å². The van der Waals surface area contributed by atoms with Crippen LogP contribution in [0.5, 0.6) is 5.75 Å². The molecule has 2 N–H and O–H groups in total. The van der Waals surface area contributed by atoms with Crippen molar-refractivity contribution in [3.63, 3.8) is 0 Å². The number of amides is 1. The standard InChI is InChI=1S/C14H21NO4/c1-10(16)12-5-4-6-13(9-12)19-11(2)14(17)15-7-8-18-3/h4-6,9-11,16H,7-8H2,1-3H3,(H,15,17)/t10-,11?/m0/s1. The van der Waals surface area contributed by atoms with Crippen LogP contribution in [0.4, 0.5) is 0 Å².